The first-order chi connectivity index (χ1) is 17.8. The van der Waals surface area contributed by atoms with Crippen molar-refractivity contribution >= 4 is 40.8 Å². The fourth-order valence-electron chi connectivity index (χ4n) is 2.78. The minimum atomic E-state index is -4.52. The lowest BCUT2D eigenvalue weighted by Crippen LogP contribution is -2.14. The first-order valence-corrected chi connectivity index (χ1v) is 12.0. The van der Waals surface area contributed by atoms with E-state index in [9.17, 15) is 23.3 Å². The lowest BCUT2D eigenvalue weighted by Gasteiger charge is -2.12. The summed E-state index contributed by atoms with van der Waals surface area (Å²) in [6, 6.07) is 6.67. The Morgan fingerprint density at radius 1 is 1.03 bits per heavy atom. The number of aromatic nitrogens is 3. The third-order valence-corrected chi connectivity index (χ3v) is 4.74. The van der Waals surface area contributed by atoms with Crippen molar-refractivity contribution in [3.8, 4) is 17.2 Å². The molecule has 0 saturated carbocycles. The van der Waals surface area contributed by atoms with Gasteiger partial charge in [0.15, 0.2) is 0 Å². The topological polar surface area (TPSA) is 124 Å². The summed E-state index contributed by atoms with van der Waals surface area (Å²) in [6.07, 6.45) is -4.52. The van der Waals surface area contributed by atoms with Gasteiger partial charge >= 0.3 is 11.9 Å². The van der Waals surface area contributed by atoms with Crippen LogP contribution in [0.25, 0.3) is 0 Å². The summed E-state index contributed by atoms with van der Waals surface area (Å²) < 4.78 is 48.4. The van der Waals surface area contributed by atoms with Crippen molar-refractivity contribution < 1.29 is 27.6 Å². The predicted octanol–water partition coefficient (Wildman–Crippen LogP) is 7.24. The van der Waals surface area contributed by atoms with Gasteiger partial charge in [-0.3, -0.25) is 10.1 Å². The van der Waals surface area contributed by atoms with Crippen LogP contribution in [0.3, 0.4) is 0 Å². The molecule has 15 heteroatoms. The van der Waals surface area contributed by atoms with E-state index in [0.717, 1.165) is 24.7 Å². The molecule has 0 radical (unpaired) electrons. The second kappa shape index (κ2) is 13.8. The Bertz CT molecular complexity index is 1250. The van der Waals surface area contributed by atoms with Gasteiger partial charge in [0.2, 0.25) is 22.9 Å². The van der Waals surface area contributed by atoms with E-state index in [1.54, 1.807) is 6.92 Å². The predicted molar refractivity (Wildman–Crippen MR) is 139 cm³/mol. The molecule has 2 N–H and O–H groups in total. The van der Waals surface area contributed by atoms with Crippen LogP contribution in [-0.2, 0) is 6.18 Å². The highest BCUT2D eigenvalue weighted by Crippen LogP contribution is 2.38. The summed E-state index contributed by atoms with van der Waals surface area (Å²) in [5.41, 5.74) is -1.15. The number of hydrogen-bond acceptors (Lipinski definition) is 9. The Morgan fingerprint density at radius 3 is 2.26 bits per heavy atom. The smallest absolute Gasteiger partial charge is 0.416 e. The van der Waals surface area contributed by atoms with Crippen LogP contribution in [0.5, 0.6) is 17.2 Å². The molecule has 1 aromatic heterocycles. The van der Waals surface area contributed by atoms with Crippen molar-refractivity contribution in [2.75, 3.05) is 23.8 Å². The fourth-order valence-corrected chi connectivity index (χ4v) is 3.16. The number of ether oxygens (including phenoxy) is 2. The second-order valence-electron chi connectivity index (χ2n) is 7.65. The van der Waals surface area contributed by atoms with Gasteiger partial charge in [0.25, 0.3) is 0 Å². The van der Waals surface area contributed by atoms with Crippen molar-refractivity contribution in [1.82, 2.24) is 15.0 Å². The van der Waals surface area contributed by atoms with Gasteiger partial charge in [0, 0.05) is 24.7 Å². The molecule has 206 valence electrons. The largest absolute Gasteiger partial charge is 0.487 e. The van der Waals surface area contributed by atoms with Gasteiger partial charge in [-0.1, -0.05) is 11.6 Å². The molecule has 0 aliphatic carbocycles. The monoisotopic (exact) mass is 576 g/mol. The van der Waals surface area contributed by atoms with Crippen LogP contribution in [-0.4, -0.2) is 39.1 Å². The maximum Gasteiger partial charge on any atom is 0.416 e. The molecule has 0 spiro atoms. The molecular weight excluding hydrogens is 552 g/mol. The molecule has 0 bridgehead atoms. The van der Waals surface area contributed by atoms with E-state index in [-0.39, 0.29) is 45.9 Å². The lowest BCUT2D eigenvalue weighted by atomic mass is 10.2. The molecule has 0 amide bonds. The molecule has 0 fully saturated rings. The number of anilines is 2. The summed E-state index contributed by atoms with van der Waals surface area (Å²) >= 11 is 11.5. The van der Waals surface area contributed by atoms with Gasteiger partial charge in [-0.05, 0) is 63.6 Å². The Labute approximate surface area is 226 Å². The van der Waals surface area contributed by atoms with Crippen LogP contribution in [0, 0.1) is 10.1 Å². The quantitative estimate of drug-likeness (QED) is 0.200. The molecule has 38 heavy (non-hydrogen) atoms. The molecule has 2 aromatic carbocycles. The molecule has 1 heterocycles. The van der Waals surface area contributed by atoms with Crippen LogP contribution in [0.15, 0.2) is 36.4 Å². The van der Waals surface area contributed by atoms with Crippen molar-refractivity contribution in [3.63, 3.8) is 0 Å². The van der Waals surface area contributed by atoms with E-state index >= 15 is 0 Å². The summed E-state index contributed by atoms with van der Waals surface area (Å²) in [7, 11) is 0. The van der Waals surface area contributed by atoms with Crippen molar-refractivity contribution in [1.29, 1.82) is 0 Å². The zero-order valence-corrected chi connectivity index (χ0v) is 22.3. The van der Waals surface area contributed by atoms with Gasteiger partial charge in [0.1, 0.15) is 11.5 Å². The Kier molecular flexibility index (Phi) is 11.1. The lowest BCUT2D eigenvalue weighted by molar-refractivity contribution is -0.385. The highest BCUT2D eigenvalue weighted by atomic mass is 35.5. The van der Waals surface area contributed by atoms with Crippen LogP contribution >= 0.6 is 23.2 Å². The number of nitro groups is 1. The van der Waals surface area contributed by atoms with Crippen molar-refractivity contribution in [2.24, 2.45) is 0 Å². The first-order valence-electron chi connectivity index (χ1n) is 11.2. The van der Waals surface area contributed by atoms with E-state index in [1.807, 2.05) is 20.8 Å². The number of nitrogens with zero attached hydrogens (tertiary/aromatic N) is 4. The van der Waals surface area contributed by atoms with Gasteiger partial charge in [-0.15, -0.1) is 0 Å². The second-order valence-corrected chi connectivity index (χ2v) is 8.39. The van der Waals surface area contributed by atoms with Crippen molar-refractivity contribution in [3.05, 3.63) is 62.4 Å². The molecule has 0 aliphatic rings. The van der Waals surface area contributed by atoms with Crippen LogP contribution in [0.1, 0.15) is 33.3 Å². The van der Waals surface area contributed by atoms with Crippen LogP contribution in [0.4, 0.5) is 30.8 Å². The number of nitro benzene ring substituents is 1. The molecular formula is C23H25Cl2F3N6O4. The third kappa shape index (κ3) is 9.38. The number of nitrogens with one attached hydrogen (secondary N) is 2. The summed E-state index contributed by atoms with van der Waals surface area (Å²) in [4.78, 5) is 22.3. The average molecular weight is 577 g/mol. The van der Waals surface area contributed by atoms with Crippen LogP contribution < -0.4 is 20.1 Å². The van der Waals surface area contributed by atoms with E-state index in [1.165, 1.54) is 18.2 Å². The van der Waals surface area contributed by atoms with Crippen molar-refractivity contribution in [2.45, 2.75) is 39.9 Å². The van der Waals surface area contributed by atoms with E-state index in [0.29, 0.717) is 11.9 Å². The summed E-state index contributed by atoms with van der Waals surface area (Å²) in [5, 5.41) is 16.9. The number of hydrogen-bond donors (Lipinski definition) is 2. The normalized spacial score (nSPS) is 10.9. The molecule has 0 unspecified atom stereocenters. The average Bonchev–Trinajstić information content (AvgIpc) is 2.80. The Morgan fingerprint density at radius 2 is 1.71 bits per heavy atom. The molecule has 0 aliphatic heterocycles. The molecule has 3 rings (SSSR count). The molecule has 10 nitrogen and oxygen atoms in total. The Hall–Kier alpha value is -3.58. The van der Waals surface area contributed by atoms with E-state index < -0.39 is 16.7 Å². The molecule has 0 saturated heterocycles. The summed E-state index contributed by atoms with van der Waals surface area (Å²) in [6.45, 7) is 8.58. The number of benzene rings is 2. The first kappa shape index (κ1) is 30.6. The summed E-state index contributed by atoms with van der Waals surface area (Å²) in [5.74, 6) is 1.11. The minimum absolute atomic E-state index is 0.0111. The Balaban J connectivity index is 0.000000308. The fraction of sp³-hybridized carbons (Fsp3) is 0.348. The highest BCUT2D eigenvalue weighted by molar-refractivity contribution is 6.32. The maximum atomic E-state index is 12.6. The third-order valence-electron chi connectivity index (χ3n) is 4.28. The van der Waals surface area contributed by atoms with Gasteiger partial charge < -0.3 is 20.1 Å². The van der Waals surface area contributed by atoms with Gasteiger partial charge in [0.05, 0.1) is 22.1 Å². The SMILES string of the molecule is CCNc1nc(Cl)nc(NC(C)C)n1.CCOc1cc(Oc2ccc(C(F)(F)F)cc2Cl)ccc1[N+](=O)[O-]. The highest BCUT2D eigenvalue weighted by Gasteiger charge is 2.31. The van der Waals surface area contributed by atoms with Gasteiger partial charge in [-0.2, -0.15) is 28.1 Å². The van der Waals surface area contributed by atoms with Gasteiger partial charge in [-0.25, -0.2) is 0 Å². The molecule has 3 aromatic rings. The van der Waals surface area contributed by atoms with E-state index in [2.05, 4.69) is 25.6 Å². The standard InChI is InChI=1S/C15H11ClF3NO4.C8H14ClN5/c1-2-23-14-8-10(4-5-12(14)20(21)22)24-13-6-3-9(7-11(13)16)15(17,18)19;1-4-10-7-12-6(9)13-8(14-7)11-5(2)3/h3-8H,2H2,1H3;5H,4H2,1-3H3,(H2,10,11,12,13,14). The zero-order chi connectivity index (χ0) is 28.5. The number of rotatable bonds is 9. The molecule has 0 atom stereocenters. The zero-order valence-electron chi connectivity index (χ0n) is 20.8. The number of alkyl halides is 3. The number of halogens is 5. The van der Waals surface area contributed by atoms with E-state index in [4.69, 9.17) is 32.7 Å². The maximum absolute atomic E-state index is 12.6. The van der Waals surface area contributed by atoms with Crippen LogP contribution in [0.2, 0.25) is 10.3 Å². The minimum Gasteiger partial charge on any atom is -0.487 e.